The van der Waals surface area contributed by atoms with Gasteiger partial charge in [-0.25, -0.2) is 4.98 Å². The minimum Gasteiger partial charge on any atom is -0.346 e. The highest BCUT2D eigenvalue weighted by Gasteiger charge is 2.21. The van der Waals surface area contributed by atoms with Gasteiger partial charge in [0.1, 0.15) is 5.82 Å². The summed E-state index contributed by atoms with van der Waals surface area (Å²) in [5, 5.41) is 3.11. The molecule has 0 aliphatic rings. The van der Waals surface area contributed by atoms with Gasteiger partial charge in [-0.1, -0.05) is 54.0 Å². The maximum Gasteiger partial charge on any atom is 0.225 e. The number of aromatic amines is 1. The number of rotatable bonds is 5. The molecule has 0 radical (unpaired) electrons. The lowest BCUT2D eigenvalue weighted by molar-refractivity contribution is -0.121. The zero-order chi connectivity index (χ0) is 17.1. The van der Waals surface area contributed by atoms with Crippen LogP contribution in [0.1, 0.15) is 31.3 Å². The maximum atomic E-state index is 12.4. The monoisotopic (exact) mass is 385 g/mol. The molecule has 5 heteroatoms. The summed E-state index contributed by atoms with van der Waals surface area (Å²) in [6.07, 6.45) is 0.358. The third-order valence-electron chi connectivity index (χ3n) is 3.96. The first-order valence-corrected chi connectivity index (χ1v) is 8.80. The van der Waals surface area contributed by atoms with Crippen molar-refractivity contribution in [3.05, 3.63) is 64.4 Å². The van der Waals surface area contributed by atoms with Crippen molar-refractivity contribution in [2.75, 3.05) is 0 Å². The fraction of sp³-hybridized carbons (Fsp3) is 0.263. The first-order valence-electron chi connectivity index (χ1n) is 8.01. The molecule has 124 valence electrons. The van der Waals surface area contributed by atoms with Crippen LogP contribution in [0.25, 0.3) is 11.0 Å². The van der Waals surface area contributed by atoms with Crippen LogP contribution < -0.4 is 5.32 Å². The number of benzene rings is 2. The number of hydrogen-bond acceptors (Lipinski definition) is 2. The Bertz CT molecular complexity index is 806. The van der Waals surface area contributed by atoms with Gasteiger partial charge in [-0.2, -0.15) is 0 Å². The molecule has 0 aliphatic heterocycles. The Hall–Kier alpha value is -2.14. The summed E-state index contributed by atoms with van der Waals surface area (Å²) in [5.74, 6) is 1.03. The highest BCUT2D eigenvalue weighted by molar-refractivity contribution is 9.10. The van der Waals surface area contributed by atoms with Crippen molar-refractivity contribution >= 4 is 32.9 Å². The molecule has 1 amide bonds. The minimum atomic E-state index is -0.139. The molecule has 24 heavy (non-hydrogen) atoms. The van der Waals surface area contributed by atoms with Crippen LogP contribution in [-0.4, -0.2) is 15.9 Å². The van der Waals surface area contributed by atoms with E-state index in [2.05, 4.69) is 45.1 Å². The fourth-order valence-corrected chi connectivity index (χ4v) is 2.95. The number of fused-ring (bicyclic) bond motifs is 1. The summed E-state index contributed by atoms with van der Waals surface area (Å²) >= 11 is 3.41. The van der Waals surface area contributed by atoms with Crippen LogP contribution in [0.2, 0.25) is 0 Å². The number of carbonyl (C=O) groups is 1. The third-order valence-corrected chi connectivity index (χ3v) is 4.49. The first-order chi connectivity index (χ1) is 11.5. The van der Waals surface area contributed by atoms with E-state index in [-0.39, 0.29) is 17.9 Å². The molecule has 0 aliphatic carbocycles. The molecule has 0 unspecified atom stereocenters. The van der Waals surface area contributed by atoms with Crippen molar-refractivity contribution in [1.29, 1.82) is 0 Å². The number of hydrogen-bond donors (Lipinski definition) is 2. The lowest BCUT2D eigenvalue weighted by atomic mass is 10.0. The Balaban J connectivity index is 1.76. The SMILES string of the molecule is CC(C)[C@@H](NC(=O)Cc1ccc(Br)cc1)c1nc2ccccc2[nH]1. The Morgan fingerprint density at radius 1 is 1.17 bits per heavy atom. The summed E-state index contributed by atoms with van der Waals surface area (Å²) in [5.41, 5.74) is 2.89. The molecule has 1 heterocycles. The molecule has 0 bridgehead atoms. The van der Waals surface area contributed by atoms with E-state index in [0.717, 1.165) is 26.9 Å². The number of H-pyrrole nitrogens is 1. The van der Waals surface area contributed by atoms with E-state index in [9.17, 15) is 4.79 Å². The van der Waals surface area contributed by atoms with E-state index in [1.165, 1.54) is 0 Å². The second-order valence-electron chi connectivity index (χ2n) is 6.23. The van der Waals surface area contributed by atoms with Gasteiger partial charge in [0.2, 0.25) is 5.91 Å². The Kier molecular flexibility index (Phi) is 5.00. The highest BCUT2D eigenvalue weighted by atomic mass is 79.9. The van der Waals surface area contributed by atoms with Gasteiger partial charge in [0.05, 0.1) is 23.5 Å². The average Bonchev–Trinajstić information content (AvgIpc) is 2.98. The molecule has 2 N–H and O–H groups in total. The Morgan fingerprint density at radius 2 is 1.88 bits per heavy atom. The number of amides is 1. The van der Waals surface area contributed by atoms with E-state index in [1.54, 1.807) is 0 Å². The molecule has 0 saturated carbocycles. The van der Waals surface area contributed by atoms with Gasteiger partial charge in [-0.05, 0) is 35.7 Å². The lowest BCUT2D eigenvalue weighted by Gasteiger charge is -2.20. The summed E-state index contributed by atoms with van der Waals surface area (Å²) in [6.45, 7) is 4.16. The van der Waals surface area contributed by atoms with E-state index >= 15 is 0 Å². The van der Waals surface area contributed by atoms with E-state index in [1.807, 2.05) is 48.5 Å². The molecule has 3 aromatic rings. The average molecular weight is 386 g/mol. The van der Waals surface area contributed by atoms with Gasteiger partial charge in [-0.15, -0.1) is 0 Å². The van der Waals surface area contributed by atoms with Gasteiger partial charge >= 0.3 is 0 Å². The number of halogens is 1. The van der Waals surface area contributed by atoms with Crippen LogP contribution in [0.5, 0.6) is 0 Å². The fourth-order valence-electron chi connectivity index (χ4n) is 2.68. The van der Waals surface area contributed by atoms with Crippen LogP contribution >= 0.6 is 15.9 Å². The summed E-state index contributed by atoms with van der Waals surface area (Å²) < 4.78 is 1.01. The summed E-state index contributed by atoms with van der Waals surface area (Å²) in [6, 6.07) is 15.6. The van der Waals surface area contributed by atoms with E-state index < -0.39 is 0 Å². The first kappa shape index (κ1) is 16.7. The van der Waals surface area contributed by atoms with Crippen LogP contribution in [-0.2, 0) is 11.2 Å². The number of nitrogens with one attached hydrogen (secondary N) is 2. The summed E-state index contributed by atoms with van der Waals surface area (Å²) in [4.78, 5) is 20.4. The van der Waals surface area contributed by atoms with Gasteiger partial charge in [0.15, 0.2) is 0 Å². The van der Waals surface area contributed by atoms with Crippen LogP contribution in [0, 0.1) is 5.92 Å². The molecule has 2 aromatic carbocycles. The molecule has 0 fully saturated rings. The van der Waals surface area contributed by atoms with Gasteiger partial charge in [0, 0.05) is 4.47 Å². The highest BCUT2D eigenvalue weighted by Crippen LogP contribution is 2.22. The smallest absolute Gasteiger partial charge is 0.225 e. The molecule has 1 atom stereocenters. The third kappa shape index (κ3) is 3.85. The topological polar surface area (TPSA) is 57.8 Å². The number of nitrogens with zero attached hydrogens (tertiary/aromatic N) is 1. The van der Waals surface area contributed by atoms with Crippen LogP contribution in [0.3, 0.4) is 0 Å². The van der Waals surface area contributed by atoms with Crippen molar-refractivity contribution in [3.8, 4) is 0 Å². The molecule has 3 rings (SSSR count). The maximum absolute atomic E-state index is 12.4. The van der Waals surface area contributed by atoms with Crippen molar-refractivity contribution in [1.82, 2.24) is 15.3 Å². The second kappa shape index (κ2) is 7.18. The lowest BCUT2D eigenvalue weighted by Crippen LogP contribution is -2.33. The number of carbonyl (C=O) groups excluding carboxylic acids is 1. The van der Waals surface area contributed by atoms with E-state index in [4.69, 9.17) is 0 Å². The minimum absolute atomic E-state index is 0.00326. The van der Waals surface area contributed by atoms with Gasteiger partial charge < -0.3 is 10.3 Å². The molecular formula is C19H20BrN3O. The zero-order valence-electron chi connectivity index (χ0n) is 13.7. The van der Waals surface area contributed by atoms with Crippen LogP contribution in [0.15, 0.2) is 53.0 Å². The van der Waals surface area contributed by atoms with Gasteiger partial charge in [-0.3, -0.25) is 4.79 Å². The van der Waals surface area contributed by atoms with Crippen molar-refractivity contribution in [2.24, 2.45) is 5.92 Å². The molecule has 0 spiro atoms. The quantitative estimate of drug-likeness (QED) is 0.684. The Labute approximate surface area is 149 Å². The predicted octanol–water partition coefficient (Wildman–Crippen LogP) is 4.38. The van der Waals surface area contributed by atoms with E-state index in [0.29, 0.717) is 6.42 Å². The predicted molar refractivity (Wildman–Crippen MR) is 99.7 cm³/mol. The number of imidazole rings is 1. The zero-order valence-corrected chi connectivity index (χ0v) is 15.3. The standard InChI is InChI=1S/C19H20BrN3O/c1-12(2)18(19-21-15-5-3-4-6-16(15)22-19)23-17(24)11-13-7-9-14(20)10-8-13/h3-10,12,18H,11H2,1-2H3,(H,21,22)(H,23,24)/t18-/m1/s1. The molecule has 1 aromatic heterocycles. The Morgan fingerprint density at radius 3 is 2.54 bits per heavy atom. The van der Waals surface area contributed by atoms with Gasteiger partial charge in [0.25, 0.3) is 0 Å². The summed E-state index contributed by atoms with van der Waals surface area (Å²) in [7, 11) is 0. The van der Waals surface area contributed by atoms with Crippen LogP contribution in [0.4, 0.5) is 0 Å². The number of para-hydroxylation sites is 2. The largest absolute Gasteiger partial charge is 0.346 e. The molecule has 4 nitrogen and oxygen atoms in total. The van der Waals surface area contributed by atoms with Crippen molar-refractivity contribution in [2.45, 2.75) is 26.3 Å². The number of aromatic nitrogens is 2. The molecule has 0 saturated heterocycles. The molecular weight excluding hydrogens is 366 g/mol. The second-order valence-corrected chi connectivity index (χ2v) is 7.15. The van der Waals surface area contributed by atoms with Crippen molar-refractivity contribution in [3.63, 3.8) is 0 Å². The van der Waals surface area contributed by atoms with Crippen molar-refractivity contribution < 1.29 is 4.79 Å². The normalized spacial score (nSPS) is 12.5.